The molecule has 1 aromatic rings. The summed E-state index contributed by atoms with van der Waals surface area (Å²) in [5.41, 5.74) is 1.26. The average molecular weight is 287 g/mol. The van der Waals surface area contributed by atoms with Crippen molar-refractivity contribution in [3.05, 3.63) is 40.0 Å². The van der Waals surface area contributed by atoms with Gasteiger partial charge in [0.05, 0.1) is 0 Å². The molecule has 0 spiro atoms. The third-order valence-corrected chi connectivity index (χ3v) is 2.60. The molecule has 0 aliphatic rings. The van der Waals surface area contributed by atoms with Gasteiger partial charge in [-0.25, -0.2) is 0 Å². The molecule has 0 fully saturated rings. The highest BCUT2D eigenvalue weighted by molar-refractivity contribution is 14.1. The van der Waals surface area contributed by atoms with Crippen molar-refractivity contribution in [3.63, 3.8) is 0 Å². The zero-order chi connectivity index (χ0) is 9.68. The monoisotopic (exact) mass is 287 g/mol. The molecule has 0 radical (unpaired) electrons. The molecule has 1 rings (SSSR count). The average Bonchev–Trinajstić information content (AvgIpc) is 2.15. The van der Waals surface area contributed by atoms with Gasteiger partial charge in [0.2, 0.25) is 0 Å². The van der Waals surface area contributed by atoms with Crippen molar-refractivity contribution in [3.8, 4) is 0 Å². The van der Waals surface area contributed by atoms with Gasteiger partial charge in [-0.3, -0.25) is 0 Å². The fraction of sp³-hybridized carbons (Fsp3) is 0.273. The number of rotatable bonds is 3. The molecule has 70 valence electrons. The van der Waals surface area contributed by atoms with E-state index in [4.69, 9.17) is 0 Å². The first-order chi connectivity index (χ1) is 6.24. The van der Waals surface area contributed by atoms with Crippen LogP contribution < -0.4 is 4.90 Å². The summed E-state index contributed by atoms with van der Waals surface area (Å²) in [5, 5.41) is 0. The van der Waals surface area contributed by atoms with Crippen molar-refractivity contribution in [1.82, 2.24) is 0 Å². The van der Waals surface area contributed by atoms with E-state index < -0.39 is 0 Å². The lowest BCUT2D eigenvalue weighted by molar-refractivity contribution is 1.03. The van der Waals surface area contributed by atoms with E-state index in [1.165, 1.54) is 9.26 Å². The first kappa shape index (κ1) is 10.6. The minimum absolute atomic E-state index is 0.969. The lowest BCUT2D eigenvalue weighted by atomic mass is 10.3. The number of nitrogens with zero attached hydrogens (tertiary/aromatic N) is 1. The van der Waals surface area contributed by atoms with E-state index in [0.29, 0.717) is 0 Å². The van der Waals surface area contributed by atoms with Crippen molar-refractivity contribution in [2.75, 3.05) is 18.5 Å². The van der Waals surface area contributed by atoms with Gasteiger partial charge in [0.25, 0.3) is 0 Å². The van der Waals surface area contributed by atoms with E-state index in [1.807, 2.05) is 6.92 Å². The number of likely N-dealkylation sites (N-methyl/N-ethyl adjacent to an activating group) is 1. The lowest BCUT2D eigenvalue weighted by Crippen LogP contribution is -2.16. The third-order valence-electron chi connectivity index (χ3n) is 1.88. The van der Waals surface area contributed by atoms with Gasteiger partial charge in [-0.2, -0.15) is 0 Å². The SMILES string of the molecule is C/C=C/CN(C)c1ccc(I)cc1. The third kappa shape index (κ3) is 3.38. The topological polar surface area (TPSA) is 3.24 Å². The second-order valence-corrected chi connectivity index (χ2v) is 4.17. The molecule has 0 saturated carbocycles. The van der Waals surface area contributed by atoms with Gasteiger partial charge in [0, 0.05) is 22.8 Å². The van der Waals surface area contributed by atoms with Crippen molar-refractivity contribution in [2.45, 2.75) is 6.92 Å². The second-order valence-electron chi connectivity index (χ2n) is 2.93. The summed E-state index contributed by atoms with van der Waals surface area (Å²) in [6, 6.07) is 8.54. The summed E-state index contributed by atoms with van der Waals surface area (Å²) in [5.74, 6) is 0. The van der Waals surface area contributed by atoms with E-state index in [2.05, 4.69) is 71.0 Å². The normalized spacial score (nSPS) is 10.7. The molecule has 0 amide bonds. The fourth-order valence-corrected chi connectivity index (χ4v) is 1.42. The van der Waals surface area contributed by atoms with Gasteiger partial charge >= 0.3 is 0 Å². The second kappa shape index (κ2) is 5.27. The van der Waals surface area contributed by atoms with Gasteiger partial charge in [0.15, 0.2) is 0 Å². The first-order valence-corrected chi connectivity index (χ1v) is 5.40. The molecule has 0 aromatic heterocycles. The Morgan fingerprint density at radius 1 is 1.31 bits per heavy atom. The van der Waals surface area contributed by atoms with Crippen LogP contribution in [0.1, 0.15) is 6.92 Å². The van der Waals surface area contributed by atoms with Crippen LogP contribution in [-0.2, 0) is 0 Å². The Bertz CT molecular complexity index is 277. The van der Waals surface area contributed by atoms with Gasteiger partial charge in [-0.05, 0) is 53.8 Å². The van der Waals surface area contributed by atoms with Crippen LogP contribution >= 0.6 is 22.6 Å². The molecule has 0 aliphatic carbocycles. The molecule has 0 saturated heterocycles. The molecule has 0 N–H and O–H groups in total. The van der Waals surface area contributed by atoms with Crippen molar-refractivity contribution < 1.29 is 0 Å². The Kier molecular flexibility index (Phi) is 4.28. The summed E-state index contributed by atoms with van der Waals surface area (Å²) >= 11 is 2.32. The van der Waals surface area contributed by atoms with Crippen LogP contribution in [0.15, 0.2) is 36.4 Å². The van der Waals surface area contributed by atoms with Crippen molar-refractivity contribution >= 4 is 28.3 Å². The van der Waals surface area contributed by atoms with Gasteiger partial charge in [-0.15, -0.1) is 0 Å². The number of benzene rings is 1. The van der Waals surface area contributed by atoms with Crippen LogP contribution in [0.5, 0.6) is 0 Å². The van der Waals surface area contributed by atoms with E-state index >= 15 is 0 Å². The molecule has 1 nitrogen and oxygen atoms in total. The molecular formula is C11H14IN. The minimum atomic E-state index is 0.969. The van der Waals surface area contributed by atoms with Gasteiger partial charge < -0.3 is 4.90 Å². The zero-order valence-electron chi connectivity index (χ0n) is 8.00. The first-order valence-electron chi connectivity index (χ1n) is 4.32. The minimum Gasteiger partial charge on any atom is -0.371 e. The fourth-order valence-electron chi connectivity index (χ4n) is 1.06. The maximum Gasteiger partial charge on any atom is 0.0367 e. The number of hydrogen-bond acceptors (Lipinski definition) is 1. The van der Waals surface area contributed by atoms with Crippen LogP contribution in [0.25, 0.3) is 0 Å². The van der Waals surface area contributed by atoms with Crippen LogP contribution in [-0.4, -0.2) is 13.6 Å². The molecule has 13 heavy (non-hydrogen) atoms. The number of halogens is 1. The number of hydrogen-bond donors (Lipinski definition) is 0. The van der Waals surface area contributed by atoms with E-state index in [9.17, 15) is 0 Å². The van der Waals surface area contributed by atoms with E-state index in [1.54, 1.807) is 0 Å². The molecule has 2 heteroatoms. The highest BCUT2D eigenvalue weighted by atomic mass is 127. The zero-order valence-corrected chi connectivity index (χ0v) is 10.2. The highest BCUT2D eigenvalue weighted by Crippen LogP contribution is 2.14. The van der Waals surface area contributed by atoms with Crippen LogP contribution in [0.3, 0.4) is 0 Å². The summed E-state index contributed by atoms with van der Waals surface area (Å²) in [6.07, 6.45) is 4.22. The number of anilines is 1. The summed E-state index contributed by atoms with van der Waals surface area (Å²) in [4.78, 5) is 2.22. The van der Waals surface area contributed by atoms with Crippen molar-refractivity contribution in [2.24, 2.45) is 0 Å². The Balaban J connectivity index is 2.66. The molecule has 0 aliphatic heterocycles. The molecule has 0 unspecified atom stereocenters. The summed E-state index contributed by atoms with van der Waals surface area (Å²) < 4.78 is 1.28. The Hall–Kier alpha value is -0.510. The van der Waals surface area contributed by atoms with E-state index in [0.717, 1.165) is 6.54 Å². The summed E-state index contributed by atoms with van der Waals surface area (Å²) in [6.45, 7) is 3.01. The maximum absolute atomic E-state index is 2.32. The van der Waals surface area contributed by atoms with Crippen molar-refractivity contribution in [1.29, 1.82) is 0 Å². The molecule has 1 aromatic carbocycles. The molecule has 0 atom stereocenters. The van der Waals surface area contributed by atoms with Gasteiger partial charge in [-0.1, -0.05) is 12.2 Å². The molecule has 0 heterocycles. The Morgan fingerprint density at radius 2 is 1.92 bits per heavy atom. The smallest absolute Gasteiger partial charge is 0.0367 e. The van der Waals surface area contributed by atoms with E-state index in [-0.39, 0.29) is 0 Å². The van der Waals surface area contributed by atoms with Gasteiger partial charge in [0.1, 0.15) is 0 Å². The largest absolute Gasteiger partial charge is 0.371 e. The predicted molar refractivity (Wildman–Crippen MR) is 67.2 cm³/mol. The standard InChI is InChI=1S/C11H14IN/c1-3-4-9-13(2)11-7-5-10(12)6-8-11/h3-8H,9H2,1-2H3/b4-3+. The van der Waals surface area contributed by atoms with Crippen LogP contribution in [0, 0.1) is 3.57 Å². The Labute approximate surface area is 93.6 Å². The molecular weight excluding hydrogens is 273 g/mol. The predicted octanol–water partition coefficient (Wildman–Crippen LogP) is 3.30. The lowest BCUT2D eigenvalue weighted by Gasteiger charge is -2.16. The number of allylic oxidation sites excluding steroid dienone is 1. The summed E-state index contributed by atoms with van der Waals surface area (Å²) in [7, 11) is 2.10. The molecule has 0 bridgehead atoms. The van der Waals surface area contributed by atoms with Crippen LogP contribution in [0.2, 0.25) is 0 Å². The Morgan fingerprint density at radius 3 is 2.46 bits per heavy atom. The van der Waals surface area contributed by atoms with Crippen LogP contribution in [0.4, 0.5) is 5.69 Å². The maximum atomic E-state index is 2.32. The quantitative estimate of drug-likeness (QED) is 0.609. The highest BCUT2D eigenvalue weighted by Gasteiger charge is 1.96.